The van der Waals surface area contributed by atoms with E-state index in [9.17, 15) is 4.79 Å². The number of aromatic nitrogens is 3. The van der Waals surface area contributed by atoms with Crippen LogP contribution in [0.4, 0.5) is 5.82 Å². The molecule has 0 N–H and O–H groups in total. The Kier molecular flexibility index (Phi) is 5.12. The van der Waals surface area contributed by atoms with E-state index < -0.39 is 0 Å². The minimum Gasteiger partial charge on any atom is -0.353 e. The van der Waals surface area contributed by atoms with E-state index >= 15 is 0 Å². The fourth-order valence-electron chi connectivity index (χ4n) is 3.63. The van der Waals surface area contributed by atoms with Gasteiger partial charge in [0.05, 0.1) is 6.42 Å². The molecule has 0 spiro atoms. The molecule has 8 heteroatoms. The smallest absolute Gasteiger partial charge is 0.230 e. The van der Waals surface area contributed by atoms with Crippen molar-refractivity contribution in [2.75, 3.05) is 31.1 Å². The molecule has 2 fully saturated rings. The first kappa shape index (κ1) is 19.1. The molecule has 1 aliphatic heterocycles. The Bertz CT molecular complexity index is 1020. The molecule has 1 saturated carbocycles. The highest BCUT2D eigenvalue weighted by Crippen LogP contribution is 2.39. The van der Waals surface area contributed by atoms with E-state index in [1.54, 1.807) is 6.20 Å². The largest absolute Gasteiger partial charge is 0.353 e. The highest BCUT2D eigenvalue weighted by molar-refractivity contribution is 6.30. The minimum absolute atomic E-state index is 0.142. The molecule has 0 atom stereocenters. The van der Waals surface area contributed by atoms with Crippen LogP contribution in [0.25, 0.3) is 11.4 Å². The molecular formula is C22H22ClN5O2. The van der Waals surface area contributed by atoms with E-state index in [4.69, 9.17) is 16.1 Å². The van der Waals surface area contributed by atoms with Crippen LogP contribution in [-0.2, 0) is 11.2 Å². The maximum atomic E-state index is 12.6. The van der Waals surface area contributed by atoms with E-state index in [0.717, 1.165) is 48.8 Å². The Morgan fingerprint density at radius 1 is 1.07 bits per heavy atom. The molecule has 1 saturated heterocycles. The Morgan fingerprint density at radius 2 is 1.83 bits per heavy atom. The Morgan fingerprint density at radius 3 is 2.50 bits per heavy atom. The van der Waals surface area contributed by atoms with Crippen LogP contribution in [0.15, 0.2) is 47.1 Å². The molecule has 5 rings (SSSR count). The van der Waals surface area contributed by atoms with Crippen LogP contribution < -0.4 is 4.90 Å². The normalized spacial score (nSPS) is 16.7. The number of benzene rings is 1. The summed E-state index contributed by atoms with van der Waals surface area (Å²) in [5.74, 6) is 2.80. The van der Waals surface area contributed by atoms with Gasteiger partial charge in [-0.1, -0.05) is 28.9 Å². The average Bonchev–Trinajstić information content (AvgIpc) is 3.52. The van der Waals surface area contributed by atoms with E-state index in [1.165, 1.54) is 0 Å². The van der Waals surface area contributed by atoms with Gasteiger partial charge in [0.15, 0.2) is 0 Å². The number of amides is 1. The molecule has 30 heavy (non-hydrogen) atoms. The first-order chi connectivity index (χ1) is 14.7. The molecule has 3 aromatic rings. The Hall–Kier alpha value is -2.93. The fraction of sp³-hybridized carbons (Fsp3) is 0.364. The summed E-state index contributed by atoms with van der Waals surface area (Å²) in [6.45, 7) is 2.89. The molecule has 0 unspecified atom stereocenters. The zero-order valence-corrected chi connectivity index (χ0v) is 17.3. The van der Waals surface area contributed by atoms with Gasteiger partial charge >= 0.3 is 0 Å². The van der Waals surface area contributed by atoms with Crippen molar-refractivity contribution in [3.8, 4) is 11.4 Å². The van der Waals surface area contributed by atoms with E-state index in [0.29, 0.717) is 36.3 Å². The van der Waals surface area contributed by atoms with Crippen LogP contribution in [0.2, 0.25) is 5.02 Å². The highest BCUT2D eigenvalue weighted by Gasteiger charge is 2.30. The minimum atomic E-state index is 0.142. The summed E-state index contributed by atoms with van der Waals surface area (Å²) in [5.41, 5.74) is 1.83. The van der Waals surface area contributed by atoms with Crippen LogP contribution in [0.5, 0.6) is 0 Å². The standard InChI is InChI=1S/C22H22ClN5O2/c23-18-6-1-15(2-7-18)13-20(29)28-11-9-27(10-12-28)19-8-5-17(14-24-19)21-25-22(30-26-21)16-3-4-16/h1-2,5-8,14,16H,3-4,9-13H2. The van der Waals surface area contributed by atoms with E-state index in [-0.39, 0.29) is 5.91 Å². The molecule has 0 radical (unpaired) electrons. The molecule has 1 aromatic carbocycles. The number of hydrogen-bond donors (Lipinski definition) is 0. The van der Waals surface area contributed by atoms with Gasteiger partial charge in [0.2, 0.25) is 17.6 Å². The van der Waals surface area contributed by atoms with E-state index in [2.05, 4.69) is 20.0 Å². The zero-order valence-electron chi connectivity index (χ0n) is 16.5. The molecule has 154 valence electrons. The Balaban J connectivity index is 1.17. The number of halogens is 1. The fourth-order valence-corrected chi connectivity index (χ4v) is 3.75. The number of piperazine rings is 1. The SMILES string of the molecule is O=C(Cc1ccc(Cl)cc1)N1CCN(c2ccc(-c3noc(C4CC4)n3)cn2)CC1. The van der Waals surface area contributed by atoms with Crippen LogP contribution in [0.1, 0.15) is 30.2 Å². The third kappa shape index (κ3) is 4.16. The van der Waals surface area contributed by atoms with Crippen LogP contribution >= 0.6 is 11.6 Å². The molecule has 7 nitrogen and oxygen atoms in total. The first-order valence-electron chi connectivity index (χ1n) is 10.2. The van der Waals surface area contributed by atoms with Crippen molar-refractivity contribution in [1.82, 2.24) is 20.0 Å². The van der Waals surface area contributed by atoms with Crippen molar-refractivity contribution < 1.29 is 9.32 Å². The van der Waals surface area contributed by atoms with Crippen LogP contribution in [0.3, 0.4) is 0 Å². The van der Waals surface area contributed by atoms with Crippen molar-refractivity contribution in [1.29, 1.82) is 0 Å². The number of hydrogen-bond acceptors (Lipinski definition) is 6. The van der Waals surface area contributed by atoms with Crippen LogP contribution in [0, 0.1) is 0 Å². The topological polar surface area (TPSA) is 75.4 Å². The third-order valence-corrected chi connectivity index (χ3v) is 5.85. The maximum absolute atomic E-state index is 12.6. The number of anilines is 1. The van der Waals surface area contributed by atoms with Gasteiger partial charge in [-0.3, -0.25) is 4.79 Å². The number of carbonyl (C=O) groups excluding carboxylic acids is 1. The number of rotatable bonds is 5. The summed E-state index contributed by atoms with van der Waals surface area (Å²) in [7, 11) is 0. The number of carbonyl (C=O) groups is 1. The molecule has 2 aromatic heterocycles. The van der Waals surface area contributed by atoms with Crippen molar-refractivity contribution in [3.05, 3.63) is 59.1 Å². The summed E-state index contributed by atoms with van der Waals surface area (Å²) in [6, 6.07) is 11.4. The molecule has 0 bridgehead atoms. The van der Waals surface area contributed by atoms with Crippen molar-refractivity contribution in [2.45, 2.75) is 25.2 Å². The second-order valence-electron chi connectivity index (χ2n) is 7.81. The highest BCUT2D eigenvalue weighted by atomic mass is 35.5. The average molecular weight is 424 g/mol. The van der Waals surface area contributed by atoms with E-state index in [1.807, 2.05) is 41.3 Å². The predicted octanol–water partition coefficient (Wildman–Crippen LogP) is 3.55. The summed E-state index contributed by atoms with van der Waals surface area (Å²) in [6.07, 6.45) is 4.45. The van der Waals surface area contributed by atoms with Gasteiger partial charge in [-0.05, 0) is 42.7 Å². The first-order valence-corrected chi connectivity index (χ1v) is 10.6. The third-order valence-electron chi connectivity index (χ3n) is 5.60. The second-order valence-corrected chi connectivity index (χ2v) is 8.24. The predicted molar refractivity (Wildman–Crippen MR) is 113 cm³/mol. The van der Waals surface area contributed by atoms with Gasteiger partial charge in [0, 0.05) is 48.9 Å². The van der Waals surface area contributed by atoms with Crippen LogP contribution in [-0.4, -0.2) is 52.1 Å². The Labute approximate surface area is 179 Å². The lowest BCUT2D eigenvalue weighted by molar-refractivity contribution is -0.130. The summed E-state index contributed by atoms with van der Waals surface area (Å²) >= 11 is 5.91. The van der Waals surface area contributed by atoms with Gasteiger partial charge in [-0.25, -0.2) is 4.98 Å². The zero-order chi connectivity index (χ0) is 20.5. The van der Waals surface area contributed by atoms with Gasteiger partial charge in [0.25, 0.3) is 0 Å². The van der Waals surface area contributed by atoms with Gasteiger partial charge in [-0.15, -0.1) is 0 Å². The quantitative estimate of drug-likeness (QED) is 0.624. The summed E-state index contributed by atoms with van der Waals surface area (Å²) in [4.78, 5) is 25.8. The van der Waals surface area contributed by atoms with Crippen molar-refractivity contribution in [2.24, 2.45) is 0 Å². The number of pyridine rings is 1. The lowest BCUT2D eigenvalue weighted by atomic mass is 10.1. The maximum Gasteiger partial charge on any atom is 0.230 e. The van der Waals surface area contributed by atoms with Crippen molar-refractivity contribution >= 4 is 23.3 Å². The van der Waals surface area contributed by atoms with Gasteiger partial charge < -0.3 is 14.3 Å². The summed E-state index contributed by atoms with van der Waals surface area (Å²) < 4.78 is 5.33. The lowest BCUT2D eigenvalue weighted by Crippen LogP contribution is -2.49. The molecule has 3 heterocycles. The van der Waals surface area contributed by atoms with Gasteiger partial charge in [-0.2, -0.15) is 4.98 Å². The second kappa shape index (κ2) is 8.07. The summed E-state index contributed by atoms with van der Waals surface area (Å²) in [5, 5.41) is 4.75. The monoisotopic (exact) mass is 423 g/mol. The lowest BCUT2D eigenvalue weighted by Gasteiger charge is -2.35. The van der Waals surface area contributed by atoms with Crippen molar-refractivity contribution in [3.63, 3.8) is 0 Å². The molecule has 2 aliphatic rings. The molecule has 1 aliphatic carbocycles. The molecule has 1 amide bonds. The number of nitrogens with zero attached hydrogens (tertiary/aromatic N) is 5. The van der Waals surface area contributed by atoms with Gasteiger partial charge in [0.1, 0.15) is 5.82 Å². The molecular weight excluding hydrogens is 402 g/mol.